The predicted octanol–water partition coefficient (Wildman–Crippen LogP) is -0.144. The molecule has 0 aliphatic carbocycles. The number of hydrogen-bond donors (Lipinski definition) is 2. The Morgan fingerprint density at radius 2 is 2.22 bits per heavy atom. The van der Waals surface area contributed by atoms with E-state index in [0.717, 1.165) is 38.9 Å². The standard InChI is InChI=1S/C12H17FN4O/c13-11-7-10(8-15-9-11)12(18)16-3-6-17-4-1-14-2-5-17/h7-9,14H,1-6H2,(H,16,18). The topological polar surface area (TPSA) is 57.3 Å². The van der Waals surface area contributed by atoms with E-state index >= 15 is 0 Å². The molecule has 98 valence electrons. The summed E-state index contributed by atoms with van der Waals surface area (Å²) in [6, 6.07) is 1.19. The summed E-state index contributed by atoms with van der Waals surface area (Å²) in [7, 11) is 0. The highest BCUT2D eigenvalue weighted by Gasteiger charge is 2.10. The first-order valence-corrected chi connectivity index (χ1v) is 6.07. The summed E-state index contributed by atoms with van der Waals surface area (Å²) in [6.45, 7) is 5.35. The van der Waals surface area contributed by atoms with E-state index in [1.54, 1.807) is 0 Å². The van der Waals surface area contributed by atoms with Crippen molar-refractivity contribution in [2.45, 2.75) is 0 Å². The van der Waals surface area contributed by atoms with Crippen LogP contribution in [-0.4, -0.2) is 55.1 Å². The molecule has 1 saturated heterocycles. The fourth-order valence-electron chi connectivity index (χ4n) is 1.90. The smallest absolute Gasteiger partial charge is 0.252 e. The third-order valence-electron chi connectivity index (χ3n) is 2.89. The van der Waals surface area contributed by atoms with Gasteiger partial charge in [-0.3, -0.25) is 14.7 Å². The number of nitrogens with zero attached hydrogens (tertiary/aromatic N) is 2. The molecule has 0 saturated carbocycles. The van der Waals surface area contributed by atoms with Gasteiger partial charge in [-0.25, -0.2) is 4.39 Å². The highest BCUT2D eigenvalue weighted by atomic mass is 19.1. The lowest BCUT2D eigenvalue weighted by Gasteiger charge is -2.27. The van der Waals surface area contributed by atoms with Crippen molar-refractivity contribution in [3.8, 4) is 0 Å². The van der Waals surface area contributed by atoms with Crippen LogP contribution in [0.3, 0.4) is 0 Å². The molecule has 2 rings (SSSR count). The van der Waals surface area contributed by atoms with Gasteiger partial charge in [0.05, 0.1) is 11.8 Å². The Labute approximate surface area is 105 Å². The fourth-order valence-corrected chi connectivity index (χ4v) is 1.90. The van der Waals surface area contributed by atoms with E-state index in [0.29, 0.717) is 6.54 Å². The third kappa shape index (κ3) is 3.75. The van der Waals surface area contributed by atoms with Crippen LogP contribution >= 0.6 is 0 Å². The van der Waals surface area contributed by atoms with Gasteiger partial charge in [0.1, 0.15) is 5.82 Å². The average Bonchev–Trinajstić information content (AvgIpc) is 2.40. The zero-order valence-electron chi connectivity index (χ0n) is 10.2. The van der Waals surface area contributed by atoms with Gasteiger partial charge in [0.25, 0.3) is 5.91 Å². The van der Waals surface area contributed by atoms with Gasteiger partial charge in [-0.2, -0.15) is 0 Å². The van der Waals surface area contributed by atoms with Crippen LogP contribution in [0.2, 0.25) is 0 Å². The van der Waals surface area contributed by atoms with E-state index < -0.39 is 5.82 Å². The van der Waals surface area contributed by atoms with Crippen LogP contribution in [-0.2, 0) is 0 Å². The molecule has 1 aromatic heterocycles. The second kappa shape index (κ2) is 6.42. The molecule has 0 aromatic carbocycles. The molecule has 0 unspecified atom stereocenters. The SMILES string of the molecule is O=C(NCCN1CCNCC1)c1cncc(F)c1. The fraction of sp³-hybridized carbons (Fsp3) is 0.500. The molecule has 1 aliphatic heterocycles. The summed E-state index contributed by atoms with van der Waals surface area (Å²) < 4.78 is 12.9. The maximum Gasteiger partial charge on any atom is 0.252 e. The minimum Gasteiger partial charge on any atom is -0.351 e. The zero-order chi connectivity index (χ0) is 12.8. The Bertz CT molecular complexity index is 407. The van der Waals surface area contributed by atoms with Crippen LogP contribution in [0, 0.1) is 5.82 Å². The van der Waals surface area contributed by atoms with Crippen molar-refractivity contribution in [3.63, 3.8) is 0 Å². The Kier molecular flexibility index (Phi) is 4.60. The highest BCUT2D eigenvalue weighted by Crippen LogP contribution is 2.00. The number of amides is 1. The maximum absolute atomic E-state index is 12.9. The second-order valence-electron chi connectivity index (χ2n) is 4.24. The minimum atomic E-state index is -0.496. The number of aromatic nitrogens is 1. The van der Waals surface area contributed by atoms with Crippen LogP contribution in [0.1, 0.15) is 10.4 Å². The summed E-state index contributed by atoms with van der Waals surface area (Å²) in [4.78, 5) is 17.6. The van der Waals surface area contributed by atoms with Crippen molar-refractivity contribution in [1.29, 1.82) is 0 Å². The first kappa shape index (κ1) is 12.9. The maximum atomic E-state index is 12.9. The van der Waals surface area contributed by atoms with E-state index in [-0.39, 0.29) is 11.5 Å². The molecule has 0 atom stereocenters. The van der Waals surface area contributed by atoms with Gasteiger partial charge in [-0.1, -0.05) is 0 Å². The van der Waals surface area contributed by atoms with E-state index in [4.69, 9.17) is 0 Å². The second-order valence-corrected chi connectivity index (χ2v) is 4.24. The highest BCUT2D eigenvalue weighted by molar-refractivity contribution is 5.93. The van der Waals surface area contributed by atoms with Gasteiger partial charge in [-0.15, -0.1) is 0 Å². The molecule has 0 bridgehead atoms. The van der Waals surface area contributed by atoms with E-state index in [9.17, 15) is 9.18 Å². The first-order valence-electron chi connectivity index (χ1n) is 6.07. The Hall–Kier alpha value is -1.53. The van der Waals surface area contributed by atoms with Gasteiger partial charge in [0, 0.05) is 45.5 Å². The molecule has 0 spiro atoms. The molecule has 6 heteroatoms. The van der Waals surface area contributed by atoms with Crippen LogP contribution in [0.25, 0.3) is 0 Å². The summed E-state index contributed by atoms with van der Waals surface area (Å²) in [5.74, 6) is -0.776. The van der Waals surface area contributed by atoms with E-state index in [1.165, 1.54) is 12.3 Å². The van der Waals surface area contributed by atoms with Crippen molar-refractivity contribution < 1.29 is 9.18 Å². The van der Waals surface area contributed by atoms with Crippen molar-refractivity contribution in [1.82, 2.24) is 20.5 Å². The number of halogens is 1. The lowest BCUT2D eigenvalue weighted by atomic mass is 10.2. The first-order chi connectivity index (χ1) is 8.75. The Balaban J connectivity index is 1.74. The lowest BCUT2D eigenvalue weighted by Crippen LogP contribution is -2.46. The van der Waals surface area contributed by atoms with Gasteiger partial charge < -0.3 is 10.6 Å². The average molecular weight is 252 g/mol. The number of nitrogens with one attached hydrogen (secondary N) is 2. The monoisotopic (exact) mass is 252 g/mol. The summed E-state index contributed by atoms with van der Waals surface area (Å²) in [6.07, 6.45) is 2.45. The molecule has 2 N–H and O–H groups in total. The quantitative estimate of drug-likeness (QED) is 0.783. The Morgan fingerprint density at radius 1 is 1.44 bits per heavy atom. The van der Waals surface area contributed by atoms with Crippen LogP contribution in [0.4, 0.5) is 4.39 Å². The van der Waals surface area contributed by atoms with E-state index in [2.05, 4.69) is 20.5 Å². The third-order valence-corrected chi connectivity index (χ3v) is 2.89. The predicted molar refractivity (Wildman–Crippen MR) is 65.8 cm³/mol. The molecule has 5 nitrogen and oxygen atoms in total. The van der Waals surface area contributed by atoms with Crippen molar-refractivity contribution in [3.05, 3.63) is 29.8 Å². The van der Waals surface area contributed by atoms with Crippen molar-refractivity contribution >= 4 is 5.91 Å². The number of rotatable bonds is 4. The van der Waals surface area contributed by atoms with Gasteiger partial charge in [-0.05, 0) is 6.07 Å². The van der Waals surface area contributed by atoms with Crippen LogP contribution in [0.5, 0.6) is 0 Å². The molecule has 1 fully saturated rings. The molecule has 18 heavy (non-hydrogen) atoms. The van der Waals surface area contributed by atoms with Gasteiger partial charge >= 0.3 is 0 Å². The Morgan fingerprint density at radius 3 is 2.94 bits per heavy atom. The van der Waals surface area contributed by atoms with Crippen molar-refractivity contribution in [2.75, 3.05) is 39.3 Å². The largest absolute Gasteiger partial charge is 0.351 e. The lowest BCUT2D eigenvalue weighted by molar-refractivity contribution is 0.0946. The molecule has 1 aromatic rings. The minimum absolute atomic E-state index is 0.260. The van der Waals surface area contributed by atoms with E-state index in [1.807, 2.05) is 0 Å². The number of hydrogen-bond acceptors (Lipinski definition) is 4. The molecule has 1 amide bonds. The number of carbonyl (C=O) groups excluding carboxylic acids is 1. The van der Waals surface area contributed by atoms with Gasteiger partial charge in [0.15, 0.2) is 0 Å². The molecular formula is C12H17FN4O. The number of piperazine rings is 1. The zero-order valence-corrected chi connectivity index (χ0v) is 10.2. The van der Waals surface area contributed by atoms with Crippen LogP contribution < -0.4 is 10.6 Å². The van der Waals surface area contributed by atoms with Crippen molar-refractivity contribution in [2.24, 2.45) is 0 Å². The number of carbonyl (C=O) groups is 1. The molecular weight excluding hydrogens is 235 g/mol. The molecule has 1 aliphatic rings. The summed E-state index contributed by atoms with van der Waals surface area (Å²) in [5, 5.41) is 6.03. The molecule has 0 radical (unpaired) electrons. The van der Waals surface area contributed by atoms with Gasteiger partial charge in [0.2, 0.25) is 0 Å². The van der Waals surface area contributed by atoms with Crippen LogP contribution in [0.15, 0.2) is 18.5 Å². The molecule has 2 heterocycles. The summed E-state index contributed by atoms with van der Waals surface area (Å²) >= 11 is 0. The normalized spacial score (nSPS) is 16.5. The summed E-state index contributed by atoms with van der Waals surface area (Å²) in [5.41, 5.74) is 0.260. The number of pyridine rings is 1.